The molecule has 1 fully saturated rings. The average molecular weight is 339 g/mol. The molecule has 1 aliphatic rings. The lowest BCUT2D eigenvalue weighted by Gasteiger charge is -2.40. The van der Waals surface area contributed by atoms with Crippen LogP contribution in [-0.4, -0.2) is 56.6 Å². The number of nitrogens with one attached hydrogen (secondary N) is 1. The van der Waals surface area contributed by atoms with E-state index >= 15 is 0 Å². The van der Waals surface area contributed by atoms with Gasteiger partial charge in [0.25, 0.3) is 11.6 Å². The maximum Gasteiger partial charge on any atom is 0.269 e. The molecule has 2 rings (SSSR count). The highest BCUT2D eigenvalue weighted by atomic mass is 32.2. The second kappa shape index (κ2) is 7.18. The summed E-state index contributed by atoms with van der Waals surface area (Å²) in [6.07, 6.45) is 0. The minimum Gasteiger partial charge on any atom is -0.350 e. The number of nitro benzene ring substituents is 1. The fourth-order valence-corrected chi connectivity index (χ4v) is 3.54. The van der Waals surface area contributed by atoms with Crippen molar-refractivity contribution in [3.63, 3.8) is 0 Å². The number of rotatable bonds is 5. The third-order valence-corrected chi connectivity index (χ3v) is 5.33. The Morgan fingerprint density at radius 1 is 1.30 bits per heavy atom. The summed E-state index contributed by atoms with van der Waals surface area (Å²) in [6, 6.07) is 5.54. The van der Waals surface area contributed by atoms with Crippen LogP contribution < -0.4 is 5.32 Å². The van der Waals surface area contributed by atoms with Gasteiger partial charge in [-0.1, -0.05) is 0 Å². The van der Waals surface area contributed by atoms with Crippen LogP contribution in [0.1, 0.15) is 24.2 Å². The number of benzene rings is 1. The summed E-state index contributed by atoms with van der Waals surface area (Å²) in [6.45, 7) is 6.05. The number of carbonyl (C=O) groups excluding carboxylic acids is 1. The van der Waals surface area contributed by atoms with Gasteiger partial charge in [0.15, 0.2) is 0 Å². The van der Waals surface area contributed by atoms with Crippen LogP contribution in [0.5, 0.6) is 0 Å². The molecule has 0 atom stereocenters. The summed E-state index contributed by atoms with van der Waals surface area (Å²) in [5.41, 5.74) is 0.121. The van der Waals surface area contributed by atoms with Crippen LogP contribution in [0, 0.1) is 10.1 Å². The third-order valence-electron chi connectivity index (χ3n) is 4.06. The summed E-state index contributed by atoms with van der Waals surface area (Å²) >= 11 is 0. The fraction of sp³-hybridized carbons (Fsp3) is 0.533. The highest BCUT2D eigenvalue weighted by molar-refractivity contribution is 7.85. The SMILES string of the molecule is CC(C)(CNC(=O)c1ccc([N+](=O)[O-])cc1)N1CCS(=O)CC1. The second-order valence-corrected chi connectivity index (χ2v) is 7.83. The molecule has 1 aliphatic heterocycles. The topological polar surface area (TPSA) is 92.5 Å². The normalized spacial score (nSPS) is 17.0. The monoisotopic (exact) mass is 339 g/mol. The molecular weight excluding hydrogens is 318 g/mol. The molecule has 126 valence electrons. The van der Waals surface area contributed by atoms with E-state index in [1.54, 1.807) is 0 Å². The number of amides is 1. The molecule has 1 heterocycles. The zero-order valence-corrected chi connectivity index (χ0v) is 14.1. The lowest BCUT2D eigenvalue weighted by Crippen LogP contribution is -2.55. The first-order valence-corrected chi connectivity index (χ1v) is 8.91. The summed E-state index contributed by atoms with van der Waals surface area (Å²) in [5.74, 6) is 1.08. The molecule has 1 aromatic carbocycles. The van der Waals surface area contributed by atoms with E-state index in [1.807, 2.05) is 13.8 Å². The van der Waals surface area contributed by atoms with Gasteiger partial charge in [-0.3, -0.25) is 24.0 Å². The predicted molar refractivity (Wildman–Crippen MR) is 89.0 cm³/mol. The van der Waals surface area contributed by atoms with E-state index in [2.05, 4.69) is 10.2 Å². The van der Waals surface area contributed by atoms with Crippen LogP contribution in [0.15, 0.2) is 24.3 Å². The molecule has 7 nitrogen and oxygen atoms in total. The van der Waals surface area contributed by atoms with E-state index in [0.717, 1.165) is 13.1 Å². The Morgan fingerprint density at radius 3 is 2.39 bits per heavy atom. The minimum absolute atomic E-state index is 0.0387. The van der Waals surface area contributed by atoms with Gasteiger partial charge in [-0.15, -0.1) is 0 Å². The van der Waals surface area contributed by atoms with Crippen LogP contribution in [-0.2, 0) is 10.8 Å². The molecule has 1 amide bonds. The van der Waals surface area contributed by atoms with Crippen molar-refractivity contribution in [2.45, 2.75) is 19.4 Å². The average Bonchev–Trinajstić information content (AvgIpc) is 2.53. The van der Waals surface area contributed by atoms with Gasteiger partial charge in [0.2, 0.25) is 0 Å². The van der Waals surface area contributed by atoms with Gasteiger partial charge in [-0.2, -0.15) is 0 Å². The molecule has 1 aromatic rings. The first kappa shape index (κ1) is 17.6. The number of carbonyl (C=O) groups is 1. The number of nitrogens with zero attached hydrogens (tertiary/aromatic N) is 2. The smallest absolute Gasteiger partial charge is 0.269 e. The van der Waals surface area contributed by atoms with E-state index < -0.39 is 15.7 Å². The van der Waals surface area contributed by atoms with Crippen molar-refractivity contribution in [3.05, 3.63) is 39.9 Å². The Balaban J connectivity index is 1.92. The maximum absolute atomic E-state index is 12.2. The van der Waals surface area contributed by atoms with Crippen molar-refractivity contribution in [1.29, 1.82) is 0 Å². The van der Waals surface area contributed by atoms with Gasteiger partial charge >= 0.3 is 0 Å². The van der Waals surface area contributed by atoms with Crippen molar-refractivity contribution >= 4 is 22.4 Å². The maximum atomic E-state index is 12.2. The van der Waals surface area contributed by atoms with E-state index in [-0.39, 0.29) is 17.1 Å². The van der Waals surface area contributed by atoms with Gasteiger partial charge in [-0.25, -0.2) is 0 Å². The van der Waals surface area contributed by atoms with Gasteiger partial charge in [0.1, 0.15) is 0 Å². The molecule has 8 heteroatoms. The zero-order valence-electron chi connectivity index (χ0n) is 13.3. The van der Waals surface area contributed by atoms with Crippen LogP contribution >= 0.6 is 0 Å². The summed E-state index contributed by atoms with van der Waals surface area (Å²) in [5, 5.41) is 13.5. The Bertz CT molecular complexity index is 606. The summed E-state index contributed by atoms with van der Waals surface area (Å²) in [4.78, 5) is 24.5. The van der Waals surface area contributed by atoms with Crippen molar-refractivity contribution in [3.8, 4) is 0 Å². The van der Waals surface area contributed by atoms with Gasteiger partial charge in [-0.05, 0) is 26.0 Å². The molecule has 0 saturated carbocycles. The van der Waals surface area contributed by atoms with E-state index in [9.17, 15) is 19.1 Å². The Morgan fingerprint density at radius 2 is 1.87 bits per heavy atom. The van der Waals surface area contributed by atoms with Crippen molar-refractivity contribution < 1.29 is 13.9 Å². The lowest BCUT2D eigenvalue weighted by atomic mass is 10.0. The van der Waals surface area contributed by atoms with E-state index in [0.29, 0.717) is 23.6 Å². The molecular formula is C15H21N3O4S. The number of non-ortho nitro benzene ring substituents is 1. The first-order valence-electron chi connectivity index (χ1n) is 7.42. The minimum atomic E-state index is -0.728. The number of hydrogen-bond donors (Lipinski definition) is 1. The van der Waals surface area contributed by atoms with Crippen LogP contribution in [0.25, 0.3) is 0 Å². The van der Waals surface area contributed by atoms with Crippen LogP contribution in [0.4, 0.5) is 5.69 Å². The molecule has 0 aliphatic carbocycles. The summed E-state index contributed by atoms with van der Waals surface area (Å²) < 4.78 is 11.4. The molecule has 0 aromatic heterocycles. The van der Waals surface area contributed by atoms with Crippen molar-refractivity contribution in [2.75, 3.05) is 31.1 Å². The fourth-order valence-electron chi connectivity index (χ4n) is 2.49. The number of hydrogen-bond acceptors (Lipinski definition) is 5. The molecule has 1 saturated heterocycles. The van der Waals surface area contributed by atoms with Gasteiger partial charge < -0.3 is 5.32 Å². The standard InChI is InChI=1S/C15H21N3O4S/c1-15(2,17-7-9-23(22)10-8-17)11-16-14(19)12-3-5-13(6-4-12)18(20)21/h3-6H,7-11H2,1-2H3,(H,16,19). The van der Waals surface area contributed by atoms with Gasteiger partial charge in [0, 0.05) is 65.2 Å². The Labute approximate surface area is 137 Å². The molecule has 0 bridgehead atoms. The number of nitro groups is 1. The molecule has 0 unspecified atom stereocenters. The second-order valence-electron chi connectivity index (χ2n) is 6.13. The molecule has 0 radical (unpaired) electrons. The predicted octanol–water partition coefficient (Wildman–Crippen LogP) is 1.17. The molecule has 23 heavy (non-hydrogen) atoms. The van der Waals surface area contributed by atoms with Crippen molar-refractivity contribution in [2.24, 2.45) is 0 Å². The largest absolute Gasteiger partial charge is 0.350 e. The quantitative estimate of drug-likeness (QED) is 0.642. The van der Waals surface area contributed by atoms with E-state index in [4.69, 9.17) is 0 Å². The Hall–Kier alpha value is -1.80. The zero-order chi connectivity index (χ0) is 17.0. The lowest BCUT2D eigenvalue weighted by molar-refractivity contribution is -0.384. The highest BCUT2D eigenvalue weighted by Crippen LogP contribution is 2.17. The summed E-state index contributed by atoms with van der Waals surface area (Å²) in [7, 11) is -0.728. The van der Waals surface area contributed by atoms with Crippen LogP contribution in [0.2, 0.25) is 0 Å². The third kappa shape index (κ3) is 4.59. The highest BCUT2D eigenvalue weighted by Gasteiger charge is 2.30. The van der Waals surface area contributed by atoms with E-state index in [1.165, 1.54) is 24.3 Å². The Kier molecular flexibility index (Phi) is 5.48. The molecule has 0 spiro atoms. The van der Waals surface area contributed by atoms with Gasteiger partial charge in [0.05, 0.1) is 4.92 Å². The van der Waals surface area contributed by atoms with Crippen molar-refractivity contribution in [1.82, 2.24) is 10.2 Å². The molecule has 1 N–H and O–H groups in total. The van der Waals surface area contributed by atoms with Crippen LogP contribution in [0.3, 0.4) is 0 Å². The first-order chi connectivity index (χ1) is 10.8.